The summed E-state index contributed by atoms with van der Waals surface area (Å²) >= 11 is 3.30. The topological polar surface area (TPSA) is 101 Å². The molecule has 1 atom stereocenters. The Balaban J connectivity index is 2.30. The Labute approximate surface area is 179 Å². The number of carbonyl (C=O) groups excluding carboxylic acids is 2. The Hall–Kier alpha value is -2.28. The van der Waals surface area contributed by atoms with Crippen molar-refractivity contribution in [3.8, 4) is 6.07 Å². The minimum absolute atomic E-state index is 0.208. The minimum Gasteiger partial charge on any atom is -0.444 e. The molecule has 1 unspecified atom stereocenters. The summed E-state index contributed by atoms with van der Waals surface area (Å²) in [7, 11) is 1.54. The Morgan fingerprint density at radius 3 is 2.31 bits per heavy atom. The molecule has 0 bridgehead atoms. The van der Waals surface area contributed by atoms with Crippen LogP contribution in [0.4, 0.5) is 15.4 Å². The van der Waals surface area contributed by atoms with Crippen molar-refractivity contribution in [3.05, 3.63) is 10.2 Å². The molecule has 1 aromatic rings. The van der Waals surface area contributed by atoms with E-state index in [1.54, 1.807) is 30.4 Å². The quantitative estimate of drug-likeness (QED) is 0.646. The lowest BCUT2D eigenvalue weighted by atomic mass is 10.2. The number of aromatic nitrogens is 2. The zero-order chi connectivity index (χ0) is 22.1. The van der Waals surface area contributed by atoms with Gasteiger partial charge in [-0.1, -0.05) is 0 Å². The lowest BCUT2D eigenvalue weighted by Crippen LogP contribution is -2.37. The first-order valence-corrected chi connectivity index (χ1v) is 10.2. The Bertz CT molecular complexity index is 831. The van der Waals surface area contributed by atoms with Crippen LogP contribution in [-0.4, -0.2) is 58.2 Å². The monoisotopic (exact) mass is 469 g/mol. The molecule has 10 heteroatoms. The smallest absolute Gasteiger partial charge is 0.415 e. The van der Waals surface area contributed by atoms with Crippen LogP contribution in [0.15, 0.2) is 4.60 Å². The number of nitriles is 1. The van der Waals surface area contributed by atoms with E-state index in [4.69, 9.17) is 9.47 Å². The maximum Gasteiger partial charge on any atom is 0.415 e. The number of likely N-dealkylation sites (tertiary alicyclic amines) is 1. The van der Waals surface area contributed by atoms with Crippen molar-refractivity contribution in [1.29, 1.82) is 5.26 Å². The summed E-state index contributed by atoms with van der Waals surface area (Å²) in [4.78, 5) is 27.8. The maximum absolute atomic E-state index is 12.6. The van der Waals surface area contributed by atoms with Gasteiger partial charge < -0.3 is 14.4 Å². The van der Waals surface area contributed by atoms with Gasteiger partial charge in [0.15, 0.2) is 5.82 Å². The third kappa shape index (κ3) is 5.63. The molecule has 0 spiro atoms. The summed E-state index contributed by atoms with van der Waals surface area (Å²) in [6.45, 7) is 11.6. The number of rotatable bonds is 2. The van der Waals surface area contributed by atoms with Gasteiger partial charge in [0, 0.05) is 20.1 Å². The molecule has 29 heavy (non-hydrogen) atoms. The summed E-state index contributed by atoms with van der Waals surface area (Å²) in [5.74, 6) is 0.324. The van der Waals surface area contributed by atoms with Crippen LogP contribution in [0.2, 0.25) is 0 Å². The molecular weight excluding hydrogens is 442 g/mol. The molecule has 1 fully saturated rings. The van der Waals surface area contributed by atoms with Crippen molar-refractivity contribution in [1.82, 2.24) is 14.7 Å². The molecule has 9 nitrogen and oxygen atoms in total. The van der Waals surface area contributed by atoms with Gasteiger partial charge in [-0.3, -0.25) is 4.90 Å². The Morgan fingerprint density at radius 1 is 1.21 bits per heavy atom. The number of carbonyl (C=O) groups is 2. The van der Waals surface area contributed by atoms with E-state index in [1.807, 2.05) is 20.8 Å². The van der Waals surface area contributed by atoms with Gasteiger partial charge in [0.05, 0.1) is 6.04 Å². The Kier molecular flexibility index (Phi) is 6.52. The van der Waals surface area contributed by atoms with E-state index in [2.05, 4.69) is 27.1 Å². The average Bonchev–Trinajstić information content (AvgIpc) is 3.15. The SMILES string of the molecule is CN(C(=O)OC(C)(C)C)c1c(C#N)c(Br)nn1C1CCN(C(=O)OC(C)(C)C)C1. The van der Waals surface area contributed by atoms with Crippen molar-refractivity contribution in [3.63, 3.8) is 0 Å². The van der Waals surface area contributed by atoms with Crippen LogP contribution in [0.5, 0.6) is 0 Å². The average molecular weight is 470 g/mol. The highest BCUT2D eigenvalue weighted by atomic mass is 79.9. The third-order valence-electron chi connectivity index (χ3n) is 4.10. The largest absolute Gasteiger partial charge is 0.444 e. The molecule has 0 aliphatic carbocycles. The van der Waals surface area contributed by atoms with Gasteiger partial charge >= 0.3 is 12.2 Å². The molecule has 2 heterocycles. The van der Waals surface area contributed by atoms with Crippen LogP contribution in [-0.2, 0) is 9.47 Å². The summed E-state index contributed by atoms with van der Waals surface area (Å²) in [6.07, 6.45) is -0.369. The van der Waals surface area contributed by atoms with Gasteiger partial charge in [-0.25, -0.2) is 14.3 Å². The van der Waals surface area contributed by atoms with Gasteiger partial charge in [0.1, 0.15) is 27.4 Å². The number of hydrogen-bond donors (Lipinski definition) is 0. The molecule has 0 N–H and O–H groups in total. The lowest BCUT2D eigenvalue weighted by molar-refractivity contribution is 0.0287. The molecule has 0 aromatic carbocycles. The van der Waals surface area contributed by atoms with Gasteiger partial charge in [-0.2, -0.15) is 10.4 Å². The fourth-order valence-corrected chi connectivity index (χ4v) is 3.36. The highest BCUT2D eigenvalue weighted by molar-refractivity contribution is 9.10. The van der Waals surface area contributed by atoms with Crippen molar-refractivity contribution in [2.75, 3.05) is 25.0 Å². The molecule has 1 aliphatic heterocycles. The number of anilines is 1. The number of amides is 2. The summed E-state index contributed by atoms with van der Waals surface area (Å²) in [5.41, 5.74) is -1.03. The fraction of sp³-hybridized carbons (Fsp3) is 0.684. The van der Waals surface area contributed by atoms with Crippen LogP contribution < -0.4 is 4.90 Å². The number of nitrogens with zero attached hydrogens (tertiary/aromatic N) is 5. The molecule has 1 aliphatic rings. The molecule has 1 aromatic heterocycles. The summed E-state index contributed by atoms with van der Waals surface area (Å²) in [6, 6.07) is 1.88. The number of hydrogen-bond acceptors (Lipinski definition) is 6. The molecule has 0 radical (unpaired) electrons. The van der Waals surface area contributed by atoms with Gasteiger partial charge in [0.25, 0.3) is 0 Å². The zero-order valence-electron chi connectivity index (χ0n) is 17.9. The summed E-state index contributed by atoms with van der Waals surface area (Å²) in [5, 5.41) is 14.0. The Morgan fingerprint density at radius 2 is 1.79 bits per heavy atom. The van der Waals surface area contributed by atoms with Crippen molar-refractivity contribution >= 4 is 33.9 Å². The first-order valence-electron chi connectivity index (χ1n) is 9.36. The lowest BCUT2D eigenvalue weighted by Gasteiger charge is -2.26. The van der Waals surface area contributed by atoms with E-state index in [9.17, 15) is 14.9 Å². The zero-order valence-corrected chi connectivity index (χ0v) is 19.5. The second-order valence-corrected chi connectivity index (χ2v) is 9.71. The second kappa shape index (κ2) is 8.22. The predicted molar refractivity (Wildman–Crippen MR) is 111 cm³/mol. The number of ether oxygens (including phenoxy) is 2. The van der Waals surface area contributed by atoms with Crippen LogP contribution in [0.1, 0.15) is 59.6 Å². The van der Waals surface area contributed by atoms with E-state index in [0.29, 0.717) is 29.9 Å². The van der Waals surface area contributed by atoms with E-state index >= 15 is 0 Å². The van der Waals surface area contributed by atoms with Gasteiger partial charge in [-0.05, 0) is 63.9 Å². The van der Waals surface area contributed by atoms with E-state index < -0.39 is 23.4 Å². The highest BCUT2D eigenvalue weighted by Crippen LogP contribution is 2.34. The van der Waals surface area contributed by atoms with Crippen LogP contribution in [0.25, 0.3) is 0 Å². The van der Waals surface area contributed by atoms with Gasteiger partial charge in [-0.15, -0.1) is 0 Å². The maximum atomic E-state index is 12.6. The highest BCUT2D eigenvalue weighted by Gasteiger charge is 2.35. The van der Waals surface area contributed by atoms with Crippen molar-refractivity contribution in [2.24, 2.45) is 0 Å². The minimum atomic E-state index is -0.679. The molecule has 2 rings (SSSR count). The predicted octanol–water partition coefficient (Wildman–Crippen LogP) is 4.07. The van der Waals surface area contributed by atoms with Crippen molar-refractivity contribution in [2.45, 2.75) is 65.2 Å². The van der Waals surface area contributed by atoms with Crippen LogP contribution in [0.3, 0.4) is 0 Å². The van der Waals surface area contributed by atoms with E-state index in [1.165, 1.54) is 11.9 Å². The first-order chi connectivity index (χ1) is 13.2. The van der Waals surface area contributed by atoms with Gasteiger partial charge in [0.2, 0.25) is 0 Å². The molecule has 160 valence electrons. The van der Waals surface area contributed by atoms with Crippen LogP contribution >= 0.6 is 15.9 Å². The first kappa shape index (κ1) is 23.0. The summed E-state index contributed by atoms with van der Waals surface area (Å²) < 4.78 is 12.8. The molecule has 2 amide bonds. The standard InChI is InChI=1S/C19H28BrN5O4/c1-18(2,3)28-16(26)23(7)15-13(10-21)14(20)22-25(15)12-8-9-24(11-12)17(27)29-19(4,5)6/h12H,8-9,11H2,1-7H3. The van der Waals surface area contributed by atoms with E-state index in [-0.39, 0.29) is 11.6 Å². The fourth-order valence-electron chi connectivity index (χ4n) is 2.92. The second-order valence-electron chi connectivity index (χ2n) is 8.95. The van der Waals surface area contributed by atoms with E-state index in [0.717, 1.165) is 0 Å². The number of halogens is 1. The third-order valence-corrected chi connectivity index (χ3v) is 4.66. The van der Waals surface area contributed by atoms with Crippen molar-refractivity contribution < 1.29 is 19.1 Å². The molecular formula is C19H28BrN5O4. The molecule has 0 saturated carbocycles. The molecule has 1 saturated heterocycles. The van der Waals surface area contributed by atoms with Crippen LogP contribution in [0, 0.1) is 11.3 Å². The normalized spacial score (nSPS) is 17.1.